The molecule has 0 saturated carbocycles. The van der Waals surface area contributed by atoms with Crippen molar-refractivity contribution < 1.29 is 0 Å². The first kappa shape index (κ1) is 13.7. The molecule has 0 fully saturated rings. The molecule has 2 atom stereocenters. The highest BCUT2D eigenvalue weighted by Crippen LogP contribution is 2.51. The van der Waals surface area contributed by atoms with Gasteiger partial charge < -0.3 is 0 Å². The van der Waals surface area contributed by atoms with Gasteiger partial charge in [0.1, 0.15) is 0 Å². The molecule has 0 nitrogen and oxygen atoms in total. The lowest BCUT2D eigenvalue weighted by molar-refractivity contribution is 0.738. The standard InChI is InChI=1S/C19H23P/c1-3-8-17-16-10-6-5-9-15(16)14-18(17)19-11-7-13-20(19)12-4-2/h5-7,9-11,13-14,17H,3-4,8,12H2,1-2H3. The van der Waals surface area contributed by atoms with Crippen molar-refractivity contribution >= 4 is 19.2 Å². The van der Waals surface area contributed by atoms with Gasteiger partial charge in [-0.3, -0.25) is 0 Å². The van der Waals surface area contributed by atoms with Gasteiger partial charge in [0.15, 0.2) is 0 Å². The zero-order valence-electron chi connectivity index (χ0n) is 12.5. The maximum Gasteiger partial charge on any atom is 0.0105 e. The Morgan fingerprint density at radius 1 is 1.00 bits per heavy atom. The van der Waals surface area contributed by atoms with Crippen molar-refractivity contribution in [1.82, 2.24) is 0 Å². The second-order valence-electron chi connectivity index (χ2n) is 5.66. The van der Waals surface area contributed by atoms with Crippen molar-refractivity contribution in [3.05, 3.63) is 58.6 Å². The van der Waals surface area contributed by atoms with Crippen molar-refractivity contribution in [2.45, 2.75) is 45.2 Å². The summed E-state index contributed by atoms with van der Waals surface area (Å²) in [7, 11) is -0.0473. The first-order valence-corrected chi connectivity index (χ1v) is 9.40. The van der Waals surface area contributed by atoms with E-state index in [0.717, 1.165) is 0 Å². The fourth-order valence-electron chi connectivity index (χ4n) is 3.36. The molecule has 0 radical (unpaired) electrons. The second kappa shape index (κ2) is 6.02. The molecule has 0 amide bonds. The van der Waals surface area contributed by atoms with Gasteiger partial charge in [-0.25, -0.2) is 0 Å². The molecule has 20 heavy (non-hydrogen) atoms. The number of hydrogen-bond acceptors (Lipinski definition) is 0. The van der Waals surface area contributed by atoms with E-state index >= 15 is 0 Å². The van der Waals surface area contributed by atoms with Crippen LogP contribution in [0.2, 0.25) is 0 Å². The van der Waals surface area contributed by atoms with Gasteiger partial charge in [0, 0.05) is 5.92 Å². The lowest BCUT2D eigenvalue weighted by Gasteiger charge is -2.17. The van der Waals surface area contributed by atoms with E-state index in [2.05, 4.69) is 62.1 Å². The molecule has 0 bridgehead atoms. The summed E-state index contributed by atoms with van der Waals surface area (Å²) in [6.45, 7) is 4.60. The number of fused-ring (bicyclic) bond motifs is 1. The minimum absolute atomic E-state index is 0.0473. The van der Waals surface area contributed by atoms with E-state index in [1.807, 2.05) is 0 Å². The molecule has 2 unspecified atom stereocenters. The number of benzene rings is 1. The predicted octanol–water partition coefficient (Wildman–Crippen LogP) is 6.52. The van der Waals surface area contributed by atoms with Crippen LogP contribution in [0.5, 0.6) is 0 Å². The summed E-state index contributed by atoms with van der Waals surface area (Å²) in [6.07, 6.45) is 7.61. The van der Waals surface area contributed by atoms with Crippen LogP contribution in [0.1, 0.15) is 55.4 Å². The van der Waals surface area contributed by atoms with E-state index in [4.69, 9.17) is 0 Å². The lowest BCUT2D eigenvalue weighted by Crippen LogP contribution is -1.97. The molecular formula is C19H23P. The monoisotopic (exact) mass is 282 g/mol. The fraction of sp³-hybridized carbons (Fsp3) is 0.368. The van der Waals surface area contributed by atoms with E-state index < -0.39 is 0 Å². The van der Waals surface area contributed by atoms with Gasteiger partial charge in [-0.15, -0.1) is 7.53 Å². The van der Waals surface area contributed by atoms with Gasteiger partial charge >= 0.3 is 0 Å². The van der Waals surface area contributed by atoms with Crippen LogP contribution in [0.4, 0.5) is 0 Å². The summed E-state index contributed by atoms with van der Waals surface area (Å²) in [5.41, 5.74) is 4.60. The van der Waals surface area contributed by atoms with Crippen molar-refractivity contribution in [1.29, 1.82) is 0 Å². The van der Waals surface area contributed by atoms with Gasteiger partial charge in [0.2, 0.25) is 0 Å². The van der Waals surface area contributed by atoms with Gasteiger partial charge in [0.05, 0.1) is 0 Å². The third-order valence-electron chi connectivity index (χ3n) is 4.23. The van der Waals surface area contributed by atoms with Crippen LogP contribution in [-0.4, -0.2) is 0 Å². The number of allylic oxidation sites excluding steroid dienone is 1. The molecule has 3 rings (SSSR count). The van der Waals surface area contributed by atoms with E-state index in [-0.39, 0.29) is 7.53 Å². The van der Waals surface area contributed by atoms with Crippen molar-refractivity contribution in [2.75, 3.05) is 0 Å². The normalized spacial score (nSPS) is 18.0. The van der Waals surface area contributed by atoms with E-state index in [1.54, 1.807) is 16.4 Å². The summed E-state index contributed by atoms with van der Waals surface area (Å²) in [6, 6.07) is 13.6. The first-order valence-electron chi connectivity index (χ1n) is 7.81. The summed E-state index contributed by atoms with van der Waals surface area (Å²) in [5.74, 6) is 3.07. The quantitative estimate of drug-likeness (QED) is 0.585. The van der Waals surface area contributed by atoms with Gasteiger partial charge in [-0.2, -0.15) is 0 Å². The molecule has 104 valence electrons. The molecule has 0 N–H and O–H groups in total. The van der Waals surface area contributed by atoms with Crippen LogP contribution >= 0.6 is 7.53 Å². The van der Waals surface area contributed by atoms with Gasteiger partial charge in [0.25, 0.3) is 0 Å². The molecular weight excluding hydrogens is 259 g/mol. The predicted molar refractivity (Wildman–Crippen MR) is 91.4 cm³/mol. The summed E-state index contributed by atoms with van der Waals surface area (Å²) < 4.78 is 0. The van der Waals surface area contributed by atoms with Crippen LogP contribution in [0.3, 0.4) is 0 Å². The Balaban J connectivity index is 2.02. The smallest absolute Gasteiger partial charge is 0.0105 e. The van der Waals surface area contributed by atoms with Gasteiger partial charge in [-0.1, -0.05) is 56.7 Å². The highest BCUT2D eigenvalue weighted by atomic mass is 31.1. The molecule has 1 aromatic carbocycles. The third-order valence-corrected chi connectivity index (χ3v) is 6.71. The molecule has 2 aromatic rings. The topological polar surface area (TPSA) is 0 Å². The Kier molecular flexibility index (Phi) is 4.13. The average Bonchev–Trinajstić information content (AvgIpc) is 3.05. The Morgan fingerprint density at radius 3 is 2.65 bits per heavy atom. The SMILES string of the molecule is CCCC1C(c2cccp2CCC)=Cc2ccccc21. The van der Waals surface area contributed by atoms with Crippen LogP contribution in [0.15, 0.2) is 42.2 Å². The molecule has 1 aliphatic rings. The zero-order chi connectivity index (χ0) is 13.9. The largest absolute Gasteiger partial charge is 0.117 e. The van der Waals surface area contributed by atoms with Gasteiger partial charge in [-0.05, 0) is 52.9 Å². The summed E-state index contributed by atoms with van der Waals surface area (Å²) in [4.78, 5) is 0. The Bertz CT molecular complexity index is 618. The second-order valence-corrected chi connectivity index (χ2v) is 7.82. The van der Waals surface area contributed by atoms with Crippen LogP contribution in [-0.2, 0) is 6.16 Å². The molecule has 1 heteroatoms. The van der Waals surface area contributed by atoms with Crippen LogP contribution in [0.25, 0.3) is 11.6 Å². The average molecular weight is 282 g/mol. The van der Waals surface area contributed by atoms with Crippen LogP contribution < -0.4 is 0 Å². The summed E-state index contributed by atoms with van der Waals surface area (Å²) >= 11 is 0. The Morgan fingerprint density at radius 2 is 1.85 bits per heavy atom. The zero-order valence-corrected chi connectivity index (χ0v) is 13.4. The number of hydrogen-bond donors (Lipinski definition) is 0. The molecule has 1 heterocycles. The third kappa shape index (κ3) is 2.38. The minimum Gasteiger partial charge on any atom is -0.117 e. The molecule has 1 aliphatic carbocycles. The number of rotatable bonds is 5. The van der Waals surface area contributed by atoms with E-state index in [0.29, 0.717) is 5.92 Å². The lowest BCUT2D eigenvalue weighted by atomic mass is 9.91. The van der Waals surface area contributed by atoms with E-state index in [9.17, 15) is 0 Å². The van der Waals surface area contributed by atoms with Crippen molar-refractivity contribution in [2.24, 2.45) is 0 Å². The Labute approximate surface area is 123 Å². The molecule has 0 spiro atoms. The minimum atomic E-state index is -0.0473. The van der Waals surface area contributed by atoms with Crippen LogP contribution in [0, 0.1) is 0 Å². The molecule has 1 aromatic heterocycles. The number of aryl methyl sites for hydroxylation is 1. The van der Waals surface area contributed by atoms with E-state index in [1.165, 1.54) is 31.0 Å². The highest BCUT2D eigenvalue weighted by molar-refractivity contribution is 7.49. The maximum absolute atomic E-state index is 2.46. The molecule has 0 aliphatic heterocycles. The van der Waals surface area contributed by atoms with Crippen molar-refractivity contribution in [3.63, 3.8) is 0 Å². The Hall–Kier alpha value is -1.26. The van der Waals surface area contributed by atoms with Crippen molar-refractivity contribution in [3.8, 4) is 0 Å². The first-order chi connectivity index (χ1) is 9.85. The molecule has 0 saturated heterocycles. The fourth-order valence-corrected chi connectivity index (χ4v) is 5.52. The highest BCUT2D eigenvalue weighted by Gasteiger charge is 2.26. The summed E-state index contributed by atoms with van der Waals surface area (Å²) in [5, 5.41) is 1.64. The maximum atomic E-state index is 2.46.